The van der Waals surface area contributed by atoms with E-state index in [1.165, 1.54) is 41.8 Å². The summed E-state index contributed by atoms with van der Waals surface area (Å²) in [5.41, 5.74) is 5.81. The van der Waals surface area contributed by atoms with Gasteiger partial charge in [-0.15, -0.1) is 0 Å². The Morgan fingerprint density at radius 2 is 1.90 bits per heavy atom. The number of rotatable bonds is 2. The standard InChI is InChI=1S/C19H21NO/c1-21-18-10-9-16-15(14-6-3-2-4-7-14)11-13-20-12-5-8-17(18)19(16)20/h2-4,6-7,9-10,15H,5,8,11-13H2,1H3. The van der Waals surface area contributed by atoms with Gasteiger partial charge in [0.2, 0.25) is 0 Å². The van der Waals surface area contributed by atoms with Crippen molar-refractivity contribution in [1.82, 2.24) is 0 Å². The molecule has 0 fully saturated rings. The molecule has 0 N–H and O–H groups in total. The van der Waals surface area contributed by atoms with Crippen molar-refractivity contribution >= 4 is 5.69 Å². The van der Waals surface area contributed by atoms with Crippen LogP contribution < -0.4 is 9.64 Å². The predicted octanol–water partition coefficient (Wildman–Crippen LogP) is 3.98. The number of methoxy groups -OCH3 is 1. The van der Waals surface area contributed by atoms with E-state index >= 15 is 0 Å². The van der Waals surface area contributed by atoms with Crippen molar-refractivity contribution in [3.05, 3.63) is 59.2 Å². The number of anilines is 1. The lowest BCUT2D eigenvalue weighted by Crippen LogP contribution is -2.36. The zero-order valence-corrected chi connectivity index (χ0v) is 12.5. The maximum atomic E-state index is 5.60. The van der Waals surface area contributed by atoms with E-state index < -0.39 is 0 Å². The van der Waals surface area contributed by atoms with E-state index in [1.807, 2.05) is 0 Å². The molecule has 0 amide bonds. The molecule has 0 saturated heterocycles. The van der Waals surface area contributed by atoms with Crippen molar-refractivity contribution in [1.29, 1.82) is 0 Å². The minimum atomic E-state index is 0.528. The highest BCUT2D eigenvalue weighted by Gasteiger charge is 2.31. The van der Waals surface area contributed by atoms with Crippen molar-refractivity contribution in [3.8, 4) is 5.75 Å². The number of hydrogen-bond acceptors (Lipinski definition) is 2. The lowest BCUT2D eigenvalue weighted by atomic mass is 9.81. The highest BCUT2D eigenvalue weighted by molar-refractivity contribution is 5.69. The molecule has 2 heterocycles. The molecular weight excluding hydrogens is 258 g/mol. The van der Waals surface area contributed by atoms with Crippen LogP contribution in [0.2, 0.25) is 0 Å². The predicted molar refractivity (Wildman–Crippen MR) is 86.4 cm³/mol. The SMILES string of the molecule is COc1ccc2c3c1CCCN3CCC2c1ccccc1. The van der Waals surface area contributed by atoms with Crippen LogP contribution in [0.3, 0.4) is 0 Å². The molecule has 4 rings (SSSR count). The molecule has 0 saturated carbocycles. The van der Waals surface area contributed by atoms with Gasteiger partial charge in [-0.2, -0.15) is 0 Å². The molecule has 0 aromatic heterocycles. The van der Waals surface area contributed by atoms with Gasteiger partial charge in [-0.25, -0.2) is 0 Å². The highest BCUT2D eigenvalue weighted by Crippen LogP contribution is 2.46. The van der Waals surface area contributed by atoms with Gasteiger partial charge in [-0.3, -0.25) is 0 Å². The summed E-state index contributed by atoms with van der Waals surface area (Å²) in [7, 11) is 1.79. The average Bonchev–Trinajstić information content (AvgIpc) is 2.56. The van der Waals surface area contributed by atoms with Crippen LogP contribution in [-0.2, 0) is 6.42 Å². The molecule has 0 bridgehead atoms. The van der Waals surface area contributed by atoms with Crippen LogP contribution in [0.5, 0.6) is 5.75 Å². The molecule has 1 unspecified atom stereocenters. The van der Waals surface area contributed by atoms with Crippen molar-refractivity contribution in [3.63, 3.8) is 0 Å². The average molecular weight is 279 g/mol. The summed E-state index contributed by atoms with van der Waals surface area (Å²) in [6.45, 7) is 2.35. The van der Waals surface area contributed by atoms with Gasteiger partial charge in [0.05, 0.1) is 7.11 Å². The second-order valence-electron chi connectivity index (χ2n) is 6.03. The summed E-state index contributed by atoms with van der Waals surface area (Å²) in [6.07, 6.45) is 3.59. The molecule has 2 nitrogen and oxygen atoms in total. The zero-order valence-electron chi connectivity index (χ0n) is 12.5. The van der Waals surface area contributed by atoms with Crippen LogP contribution in [0.15, 0.2) is 42.5 Å². The minimum Gasteiger partial charge on any atom is -0.496 e. The van der Waals surface area contributed by atoms with E-state index in [-0.39, 0.29) is 0 Å². The molecule has 2 aliphatic heterocycles. The summed E-state index contributed by atoms with van der Waals surface area (Å²) in [4.78, 5) is 2.57. The second-order valence-corrected chi connectivity index (χ2v) is 6.03. The van der Waals surface area contributed by atoms with Crippen LogP contribution in [0.4, 0.5) is 5.69 Å². The van der Waals surface area contributed by atoms with Gasteiger partial charge in [0.25, 0.3) is 0 Å². The molecule has 1 atom stereocenters. The van der Waals surface area contributed by atoms with Crippen LogP contribution in [0.25, 0.3) is 0 Å². The van der Waals surface area contributed by atoms with Crippen LogP contribution in [0.1, 0.15) is 35.4 Å². The third-order valence-electron chi connectivity index (χ3n) is 4.93. The Morgan fingerprint density at radius 1 is 1.05 bits per heavy atom. The smallest absolute Gasteiger partial charge is 0.124 e. The number of nitrogens with zero attached hydrogens (tertiary/aromatic N) is 1. The molecule has 0 radical (unpaired) electrons. The lowest BCUT2D eigenvalue weighted by molar-refractivity contribution is 0.406. The van der Waals surface area contributed by atoms with Gasteiger partial charge in [0.1, 0.15) is 5.75 Å². The quantitative estimate of drug-likeness (QED) is 0.824. The highest BCUT2D eigenvalue weighted by atomic mass is 16.5. The minimum absolute atomic E-state index is 0.528. The zero-order chi connectivity index (χ0) is 14.2. The molecule has 0 aliphatic carbocycles. The fraction of sp³-hybridized carbons (Fsp3) is 0.368. The Bertz CT molecular complexity index is 650. The first kappa shape index (κ1) is 12.8. The molecule has 2 heteroatoms. The van der Waals surface area contributed by atoms with Crippen molar-refractivity contribution in [2.75, 3.05) is 25.1 Å². The topological polar surface area (TPSA) is 12.5 Å². The number of hydrogen-bond donors (Lipinski definition) is 0. The van der Waals surface area contributed by atoms with Gasteiger partial charge < -0.3 is 9.64 Å². The Morgan fingerprint density at radius 3 is 2.71 bits per heavy atom. The van der Waals surface area contributed by atoms with Crippen molar-refractivity contribution < 1.29 is 4.74 Å². The van der Waals surface area contributed by atoms with Gasteiger partial charge in [0, 0.05) is 30.3 Å². The van der Waals surface area contributed by atoms with Crippen molar-refractivity contribution in [2.24, 2.45) is 0 Å². The van der Waals surface area contributed by atoms with E-state index in [9.17, 15) is 0 Å². The molecular formula is C19H21NO. The van der Waals surface area contributed by atoms with E-state index in [0.29, 0.717) is 5.92 Å². The third-order valence-corrected chi connectivity index (χ3v) is 4.93. The summed E-state index contributed by atoms with van der Waals surface area (Å²) < 4.78 is 5.60. The Balaban J connectivity index is 1.87. The molecule has 2 aromatic carbocycles. The normalized spacial score (nSPS) is 20.0. The molecule has 2 aromatic rings. The van der Waals surface area contributed by atoms with Gasteiger partial charge in [0.15, 0.2) is 0 Å². The van der Waals surface area contributed by atoms with Crippen LogP contribution in [-0.4, -0.2) is 20.2 Å². The van der Waals surface area contributed by atoms with Gasteiger partial charge in [-0.1, -0.05) is 36.4 Å². The second kappa shape index (κ2) is 5.10. The summed E-state index contributed by atoms with van der Waals surface area (Å²) >= 11 is 0. The summed E-state index contributed by atoms with van der Waals surface area (Å²) in [5.74, 6) is 1.59. The number of ether oxygens (including phenoxy) is 1. The van der Waals surface area contributed by atoms with E-state index in [1.54, 1.807) is 7.11 Å². The van der Waals surface area contributed by atoms with E-state index in [2.05, 4.69) is 47.4 Å². The Kier molecular flexibility index (Phi) is 3.10. The molecule has 21 heavy (non-hydrogen) atoms. The van der Waals surface area contributed by atoms with Crippen LogP contribution >= 0.6 is 0 Å². The van der Waals surface area contributed by atoms with E-state index in [0.717, 1.165) is 18.7 Å². The number of benzene rings is 2. The first-order valence-electron chi connectivity index (χ1n) is 7.88. The summed E-state index contributed by atoms with van der Waals surface area (Å²) in [5, 5.41) is 0. The van der Waals surface area contributed by atoms with Gasteiger partial charge >= 0.3 is 0 Å². The monoisotopic (exact) mass is 279 g/mol. The maximum Gasteiger partial charge on any atom is 0.124 e. The lowest BCUT2D eigenvalue weighted by Gasteiger charge is -2.40. The maximum absolute atomic E-state index is 5.60. The largest absolute Gasteiger partial charge is 0.496 e. The van der Waals surface area contributed by atoms with Gasteiger partial charge in [-0.05, 0) is 36.5 Å². The fourth-order valence-electron chi connectivity index (χ4n) is 3.98. The Hall–Kier alpha value is -1.96. The molecule has 2 aliphatic rings. The van der Waals surface area contributed by atoms with Crippen LogP contribution in [0, 0.1) is 0 Å². The third kappa shape index (κ3) is 2.01. The van der Waals surface area contributed by atoms with Crippen molar-refractivity contribution in [2.45, 2.75) is 25.2 Å². The first-order valence-corrected chi connectivity index (χ1v) is 7.88. The fourth-order valence-corrected chi connectivity index (χ4v) is 3.98. The molecule has 108 valence electrons. The first-order chi connectivity index (χ1) is 10.4. The Labute approximate surface area is 126 Å². The van der Waals surface area contributed by atoms with E-state index in [4.69, 9.17) is 4.74 Å². The summed E-state index contributed by atoms with van der Waals surface area (Å²) in [6, 6.07) is 15.4. The molecule has 0 spiro atoms.